The van der Waals surface area contributed by atoms with Gasteiger partial charge in [0.25, 0.3) is 0 Å². The number of carboxylic acids is 1. The van der Waals surface area contributed by atoms with Crippen molar-refractivity contribution in [1.82, 2.24) is 4.98 Å². The van der Waals surface area contributed by atoms with Crippen LogP contribution in [0.1, 0.15) is 23.0 Å². The molecule has 0 amide bonds. The van der Waals surface area contributed by atoms with E-state index in [4.69, 9.17) is 9.84 Å². The molecular formula is C12H10BrNO4S. The Hall–Kier alpha value is -1.47. The van der Waals surface area contributed by atoms with Crippen LogP contribution in [0.15, 0.2) is 15.9 Å². The average Bonchev–Trinajstić information content (AvgIpc) is 2.72. The summed E-state index contributed by atoms with van der Waals surface area (Å²) in [7, 11) is 0. The molecule has 0 spiro atoms. The van der Waals surface area contributed by atoms with Crippen LogP contribution in [-0.4, -0.2) is 28.6 Å². The zero-order chi connectivity index (χ0) is 14.0. The molecule has 0 aliphatic carbocycles. The molecule has 0 fully saturated rings. The third kappa shape index (κ3) is 3.10. The molecule has 2 aromatic rings. The Morgan fingerprint density at radius 2 is 2.26 bits per heavy atom. The SMILES string of the molecule is CC(=O)OCCc1cc(Br)c2scc(C(=O)O)c2n1. The Labute approximate surface area is 121 Å². The lowest BCUT2D eigenvalue weighted by Gasteiger charge is -2.04. The Morgan fingerprint density at radius 3 is 2.89 bits per heavy atom. The lowest BCUT2D eigenvalue weighted by molar-refractivity contribution is -0.140. The third-order valence-corrected chi connectivity index (χ3v) is 4.31. The number of aromatic carboxylic acids is 1. The monoisotopic (exact) mass is 343 g/mol. The summed E-state index contributed by atoms with van der Waals surface area (Å²) in [6.07, 6.45) is 0.447. The van der Waals surface area contributed by atoms with Gasteiger partial charge in [-0.25, -0.2) is 4.79 Å². The van der Waals surface area contributed by atoms with Crippen molar-refractivity contribution in [3.8, 4) is 0 Å². The second kappa shape index (κ2) is 5.66. The van der Waals surface area contributed by atoms with Gasteiger partial charge >= 0.3 is 11.9 Å². The number of halogens is 1. The van der Waals surface area contributed by atoms with E-state index in [2.05, 4.69) is 20.9 Å². The number of ether oxygens (including phenoxy) is 1. The van der Waals surface area contributed by atoms with E-state index in [-0.39, 0.29) is 18.1 Å². The van der Waals surface area contributed by atoms with Crippen LogP contribution < -0.4 is 0 Å². The molecule has 100 valence electrons. The van der Waals surface area contributed by atoms with Crippen LogP contribution >= 0.6 is 27.3 Å². The standard InChI is InChI=1S/C12H10BrNO4S/c1-6(15)18-3-2-7-4-9(13)11-10(14-7)8(5-19-11)12(16)17/h4-5H,2-3H2,1H3,(H,16,17). The number of thiophene rings is 1. The van der Waals surface area contributed by atoms with Gasteiger partial charge in [-0.2, -0.15) is 0 Å². The molecule has 2 aromatic heterocycles. The van der Waals surface area contributed by atoms with Crippen LogP contribution in [0.4, 0.5) is 0 Å². The molecule has 5 nitrogen and oxygen atoms in total. The first-order valence-corrected chi connectivity index (χ1v) is 7.09. The first-order chi connectivity index (χ1) is 8.99. The Kier molecular flexibility index (Phi) is 4.16. The van der Waals surface area contributed by atoms with Crippen molar-refractivity contribution in [3.63, 3.8) is 0 Å². The molecule has 0 atom stereocenters. The number of carbonyl (C=O) groups is 2. The van der Waals surface area contributed by atoms with E-state index >= 15 is 0 Å². The van der Waals surface area contributed by atoms with Gasteiger partial charge in [-0.1, -0.05) is 0 Å². The maximum absolute atomic E-state index is 11.1. The Bertz CT molecular complexity index is 652. The summed E-state index contributed by atoms with van der Waals surface area (Å²) in [5.41, 5.74) is 1.33. The number of rotatable bonds is 4. The van der Waals surface area contributed by atoms with Gasteiger partial charge < -0.3 is 9.84 Å². The first-order valence-electron chi connectivity index (χ1n) is 5.42. The molecule has 0 aliphatic rings. The number of pyridine rings is 1. The number of fused-ring (bicyclic) bond motifs is 1. The van der Waals surface area contributed by atoms with Crippen molar-refractivity contribution in [1.29, 1.82) is 0 Å². The van der Waals surface area contributed by atoms with Crippen LogP contribution in [-0.2, 0) is 16.0 Å². The number of carboxylic acid groups (broad SMARTS) is 1. The topological polar surface area (TPSA) is 76.5 Å². The molecule has 0 bridgehead atoms. The summed E-state index contributed by atoms with van der Waals surface area (Å²) in [5, 5.41) is 10.7. The van der Waals surface area contributed by atoms with E-state index in [0.717, 1.165) is 9.17 Å². The highest BCUT2D eigenvalue weighted by atomic mass is 79.9. The molecule has 0 saturated carbocycles. The molecule has 0 aliphatic heterocycles. The largest absolute Gasteiger partial charge is 0.478 e. The Balaban J connectivity index is 2.33. The van der Waals surface area contributed by atoms with E-state index in [1.54, 1.807) is 5.38 Å². The molecule has 2 rings (SSSR count). The van der Waals surface area contributed by atoms with E-state index < -0.39 is 5.97 Å². The van der Waals surface area contributed by atoms with Crippen molar-refractivity contribution in [2.24, 2.45) is 0 Å². The normalized spacial score (nSPS) is 10.6. The van der Waals surface area contributed by atoms with Gasteiger partial charge in [0.15, 0.2) is 0 Å². The first kappa shape index (κ1) is 14.0. The van der Waals surface area contributed by atoms with E-state index in [1.807, 2.05) is 6.07 Å². The highest BCUT2D eigenvalue weighted by molar-refractivity contribution is 9.10. The minimum Gasteiger partial charge on any atom is -0.478 e. The molecule has 1 N–H and O–H groups in total. The maximum atomic E-state index is 11.1. The predicted octanol–water partition coefficient (Wildman–Crippen LogP) is 2.86. The average molecular weight is 344 g/mol. The number of aromatic nitrogens is 1. The summed E-state index contributed by atoms with van der Waals surface area (Å²) in [4.78, 5) is 26.1. The minimum atomic E-state index is -0.997. The fourth-order valence-electron chi connectivity index (χ4n) is 1.60. The maximum Gasteiger partial charge on any atom is 0.338 e. The molecule has 7 heteroatoms. The molecule has 0 saturated heterocycles. The van der Waals surface area contributed by atoms with Gasteiger partial charge in [-0.3, -0.25) is 9.78 Å². The summed E-state index contributed by atoms with van der Waals surface area (Å²) in [5.74, 6) is -1.34. The van der Waals surface area contributed by atoms with Crippen LogP contribution in [0.3, 0.4) is 0 Å². The van der Waals surface area contributed by atoms with Crippen LogP contribution in [0.5, 0.6) is 0 Å². The predicted molar refractivity (Wildman–Crippen MR) is 74.6 cm³/mol. The highest BCUT2D eigenvalue weighted by Gasteiger charge is 2.15. The second-order valence-electron chi connectivity index (χ2n) is 3.82. The van der Waals surface area contributed by atoms with Crippen molar-refractivity contribution in [2.75, 3.05) is 6.61 Å². The number of carbonyl (C=O) groups excluding carboxylic acids is 1. The summed E-state index contributed by atoms with van der Waals surface area (Å²) in [6.45, 7) is 1.57. The number of hydrogen-bond acceptors (Lipinski definition) is 5. The molecule has 2 heterocycles. The van der Waals surface area contributed by atoms with Crippen molar-refractivity contribution in [3.05, 3.63) is 27.2 Å². The molecule has 0 unspecified atom stereocenters. The van der Waals surface area contributed by atoms with E-state index in [9.17, 15) is 9.59 Å². The van der Waals surface area contributed by atoms with Gasteiger partial charge in [0.2, 0.25) is 0 Å². The lowest BCUT2D eigenvalue weighted by atomic mass is 10.2. The third-order valence-electron chi connectivity index (χ3n) is 2.42. The Morgan fingerprint density at radius 1 is 1.53 bits per heavy atom. The summed E-state index contributed by atoms with van der Waals surface area (Å²) in [6, 6.07) is 1.81. The zero-order valence-corrected chi connectivity index (χ0v) is 12.4. The van der Waals surface area contributed by atoms with Gasteiger partial charge in [0.05, 0.1) is 22.4 Å². The van der Waals surface area contributed by atoms with Crippen molar-refractivity contribution < 1.29 is 19.4 Å². The molecule has 0 aromatic carbocycles. The molecular weight excluding hydrogens is 334 g/mol. The quantitative estimate of drug-likeness (QED) is 0.863. The minimum absolute atomic E-state index is 0.190. The van der Waals surface area contributed by atoms with Gasteiger partial charge in [-0.05, 0) is 22.0 Å². The zero-order valence-electron chi connectivity index (χ0n) is 9.97. The number of esters is 1. The highest BCUT2D eigenvalue weighted by Crippen LogP contribution is 2.31. The summed E-state index contributed by atoms with van der Waals surface area (Å²) < 4.78 is 6.45. The summed E-state index contributed by atoms with van der Waals surface area (Å²) >= 11 is 4.73. The fourth-order valence-corrected chi connectivity index (χ4v) is 3.22. The van der Waals surface area contributed by atoms with Gasteiger partial charge in [0.1, 0.15) is 0 Å². The fraction of sp³-hybridized carbons (Fsp3) is 0.250. The van der Waals surface area contributed by atoms with Gasteiger partial charge in [-0.15, -0.1) is 11.3 Å². The number of hydrogen-bond donors (Lipinski definition) is 1. The smallest absolute Gasteiger partial charge is 0.338 e. The second-order valence-corrected chi connectivity index (χ2v) is 5.55. The van der Waals surface area contributed by atoms with Crippen LogP contribution in [0.25, 0.3) is 10.2 Å². The van der Waals surface area contributed by atoms with E-state index in [0.29, 0.717) is 17.6 Å². The number of nitrogens with zero attached hydrogens (tertiary/aromatic N) is 1. The lowest BCUT2D eigenvalue weighted by Crippen LogP contribution is -2.05. The van der Waals surface area contributed by atoms with Crippen LogP contribution in [0, 0.1) is 0 Å². The van der Waals surface area contributed by atoms with Crippen LogP contribution in [0.2, 0.25) is 0 Å². The van der Waals surface area contributed by atoms with Crippen molar-refractivity contribution >= 4 is 49.4 Å². The van der Waals surface area contributed by atoms with E-state index in [1.165, 1.54) is 18.3 Å². The van der Waals surface area contributed by atoms with Crippen molar-refractivity contribution in [2.45, 2.75) is 13.3 Å². The van der Waals surface area contributed by atoms with Gasteiger partial charge in [0, 0.05) is 28.9 Å². The molecule has 19 heavy (non-hydrogen) atoms. The molecule has 0 radical (unpaired) electrons.